The summed E-state index contributed by atoms with van der Waals surface area (Å²) < 4.78 is 1.92. The lowest BCUT2D eigenvalue weighted by molar-refractivity contribution is -0.139. The fourth-order valence-corrected chi connectivity index (χ4v) is 6.91. The van der Waals surface area contributed by atoms with Crippen molar-refractivity contribution in [2.75, 3.05) is 18.9 Å². The highest BCUT2D eigenvalue weighted by Gasteiger charge is 2.67. The largest absolute Gasteiger partial charge is 0.383 e. The van der Waals surface area contributed by atoms with Crippen molar-refractivity contribution >= 4 is 40.0 Å². The molecule has 40 heavy (non-hydrogen) atoms. The van der Waals surface area contributed by atoms with Crippen molar-refractivity contribution in [1.82, 2.24) is 14.4 Å². The van der Waals surface area contributed by atoms with Gasteiger partial charge in [-0.1, -0.05) is 19.1 Å². The molecule has 2 amide bonds. The molecule has 2 bridgehead atoms. The van der Waals surface area contributed by atoms with Crippen molar-refractivity contribution in [3.63, 3.8) is 0 Å². The van der Waals surface area contributed by atoms with Gasteiger partial charge in [0.1, 0.15) is 6.54 Å². The zero-order chi connectivity index (χ0) is 28.8. The summed E-state index contributed by atoms with van der Waals surface area (Å²) in [6, 6.07) is 3.84. The van der Waals surface area contributed by atoms with E-state index in [2.05, 4.69) is 37.4 Å². The third-order valence-electron chi connectivity index (χ3n) is 8.86. The summed E-state index contributed by atoms with van der Waals surface area (Å²) >= 11 is 0. The number of rotatable bonds is 5. The Labute approximate surface area is 236 Å². The van der Waals surface area contributed by atoms with Crippen molar-refractivity contribution < 1.29 is 19.2 Å². The van der Waals surface area contributed by atoms with Crippen molar-refractivity contribution in [2.45, 2.75) is 97.3 Å². The highest BCUT2D eigenvalue weighted by molar-refractivity contribution is 6.09. The molecule has 2 fully saturated rings. The Kier molecular flexibility index (Phi) is 7.64. The van der Waals surface area contributed by atoms with Gasteiger partial charge in [-0.15, -0.1) is 0 Å². The van der Waals surface area contributed by atoms with Crippen LogP contribution < -0.4 is 5.32 Å². The second kappa shape index (κ2) is 10.9. The number of carbonyl (C=O) groups is 4. The maximum Gasteiger partial charge on any atom is 0.243 e. The van der Waals surface area contributed by atoms with E-state index in [-0.39, 0.29) is 47.4 Å². The second-order valence-corrected chi connectivity index (χ2v) is 12.3. The van der Waals surface area contributed by atoms with E-state index in [9.17, 15) is 19.2 Å². The Balaban J connectivity index is 1.60. The van der Waals surface area contributed by atoms with E-state index >= 15 is 0 Å². The van der Waals surface area contributed by atoms with Crippen molar-refractivity contribution in [3.05, 3.63) is 41.6 Å². The zero-order valence-electron chi connectivity index (χ0n) is 24.5. The van der Waals surface area contributed by atoms with Gasteiger partial charge < -0.3 is 19.7 Å². The number of hydrogen-bond acceptors (Lipinski definition) is 5. The van der Waals surface area contributed by atoms with Crippen LogP contribution >= 0.6 is 0 Å². The predicted molar refractivity (Wildman–Crippen MR) is 156 cm³/mol. The Bertz CT molecular complexity index is 1390. The fraction of sp³-hybridized carbons (Fsp3) is 0.562. The van der Waals surface area contributed by atoms with Gasteiger partial charge in [0.05, 0.1) is 11.6 Å². The molecular weight excluding hydrogens is 504 g/mol. The molecule has 214 valence electrons. The number of allylic oxidation sites excluding steroid dienone is 2. The highest BCUT2D eigenvalue weighted by atomic mass is 16.2. The predicted octanol–water partition coefficient (Wildman–Crippen LogP) is 4.74. The summed E-state index contributed by atoms with van der Waals surface area (Å²) in [5.41, 5.74) is 3.23. The SMILES string of the molecule is CCC(=O)[C@@H]1C[C@@]23C[C@H]2N1C(=O)Cn1cc(C(C)=O)c2cc(NC(C)C)cc(c21)C/C=C/CCCC(=O)N(C)C3. The maximum atomic E-state index is 14.0. The first-order chi connectivity index (χ1) is 19.0. The van der Waals surface area contributed by atoms with Crippen molar-refractivity contribution in [1.29, 1.82) is 0 Å². The number of benzene rings is 1. The first kappa shape index (κ1) is 28.1. The standard InChI is InChI=1S/C32H42N4O4/c1-6-27(38)26-15-32-16-28(32)36(26)30(40)18-35-17-25(21(4)37)24-14-23(33-20(2)3)13-22(31(24)35)11-9-7-8-10-12-29(39)34(5)19-32/h7,9,13-14,17,20,26,28,33H,6,8,10-12,15-16,18-19H2,1-5H3/b9-7+/t26-,28+,32-/m0/s1. The molecule has 3 heterocycles. The summed E-state index contributed by atoms with van der Waals surface area (Å²) in [7, 11) is 1.84. The number of Topliss-reactive ketones (excluding diaryl/α,β-unsaturated/α-hetero) is 2. The van der Waals surface area contributed by atoms with Gasteiger partial charge in [0.25, 0.3) is 0 Å². The molecule has 1 saturated heterocycles. The minimum absolute atomic E-state index is 0.0384. The number of piperidine rings is 1. The Morgan fingerprint density at radius 3 is 2.60 bits per heavy atom. The Hall–Kier alpha value is -3.42. The molecule has 0 radical (unpaired) electrons. The van der Waals surface area contributed by atoms with E-state index in [4.69, 9.17) is 0 Å². The van der Waals surface area contributed by atoms with Crippen LogP contribution in [-0.4, -0.2) is 69.5 Å². The minimum Gasteiger partial charge on any atom is -0.383 e. The molecule has 3 aliphatic rings. The highest BCUT2D eigenvalue weighted by Crippen LogP contribution is 2.60. The topological polar surface area (TPSA) is 91.7 Å². The van der Waals surface area contributed by atoms with Gasteiger partial charge in [0.15, 0.2) is 11.6 Å². The summed E-state index contributed by atoms with van der Waals surface area (Å²) in [5.74, 6) is 0.0334. The van der Waals surface area contributed by atoms with Gasteiger partial charge >= 0.3 is 0 Å². The molecule has 1 aromatic carbocycles. The van der Waals surface area contributed by atoms with E-state index < -0.39 is 6.04 Å². The summed E-state index contributed by atoms with van der Waals surface area (Å²) in [6.45, 7) is 8.19. The smallest absolute Gasteiger partial charge is 0.243 e. The van der Waals surface area contributed by atoms with Gasteiger partial charge in [-0.25, -0.2) is 0 Å². The number of nitrogens with zero attached hydrogens (tertiary/aromatic N) is 3. The number of carbonyl (C=O) groups excluding carboxylic acids is 4. The van der Waals surface area contributed by atoms with Crippen LogP contribution in [0, 0.1) is 5.41 Å². The van der Waals surface area contributed by atoms with Gasteiger partial charge in [-0.3, -0.25) is 19.2 Å². The third kappa shape index (κ3) is 5.20. The Morgan fingerprint density at radius 1 is 1.12 bits per heavy atom. The molecule has 1 N–H and O–H groups in total. The third-order valence-corrected chi connectivity index (χ3v) is 8.86. The van der Waals surface area contributed by atoms with E-state index in [1.807, 2.05) is 35.7 Å². The zero-order valence-corrected chi connectivity index (χ0v) is 24.5. The van der Waals surface area contributed by atoms with Crippen LogP contribution in [-0.2, 0) is 27.3 Å². The molecule has 0 spiro atoms. The molecule has 5 rings (SSSR count). The van der Waals surface area contributed by atoms with Crippen LogP contribution in [0.3, 0.4) is 0 Å². The number of nitrogens with one attached hydrogen (secondary N) is 1. The van der Waals surface area contributed by atoms with Crippen LogP contribution in [0.25, 0.3) is 10.9 Å². The number of aromatic nitrogens is 1. The quantitative estimate of drug-likeness (QED) is 0.432. The Morgan fingerprint density at radius 2 is 1.90 bits per heavy atom. The normalized spacial score (nSPS) is 26.1. The molecule has 8 heteroatoms. The average molecular weight is 547 g/mol. The number of hydrogen-bond donors (Lipinski definition) is 1. The van der Waals surface area contributed by atoms with Crippen LogP contribution in [0.5, 0.6) is 0 Å². The van der Waals surface area contributed by atoms with Crippen LogP contribution in [0.1, 0.15) is 82.1 Å². The van der Waals surface area contributed by atoms with Gasteiger partial charge in [-0.05, 0) is 70.6 Å². The maximum absolute atomic E-state index is 14.0. The molecule has 1 saturated carbocycles. The second-order valence-electron chi connectivity index (χ2n) is 12.3. The monoisotopic (exact) mass is 546 g/mol. The van der Waals surface area contributed by atoms with Crippen LogP contribution in [0.15, 0.2) is 30.5 Å². The van der Waals surface area contributed by atoms with Crippen molar-refractivity contribution in [2.24, 2.45) is 5.41 Å². The lowest BCUT2D eigenvalue weighted by atomic mass is 9.95. The fourth-order valence-electron chi connectivity index (χ4n) is 6.91. The molecule has 0 unspecified atom stereocenters. The van der Waals surface area contributed by atoms with Crippen LogP contribution in [0.4, 0.5) is 5.69 Å². The molecule has 8 nitrogen and oxygen atoms in total. The van der Waals surface area contributed by atoms with Crippen molar-refractivity contribution in [3.8, 4) is 0 Å². The summed E-state index contributed by atoms with van der Waals surface area (Å²) in [6.07, 6.45) is 10.5. The average Bonchev–Trinajstić information content (AvgIpc) is 3.29. The minimum atomic E-state index is -0.461. The number of amides is 2. The van der Waals surface area contributed by atoms with Gasteiger partial charge in [-0.2, -0.15) is 0 Å². The van der Waals surface area contributed by atoms with Gasteiger partial charge in [0.2, 0.25) is 11.8 Å². The van der Waals surface area contributed by atoms with E-state index in [0.29, 0.717) is 37.8 Å². The molecule has 1 aliphatic carbocycles. The molecule has 2 aromatic rings. The van der Waals surface area contributed by atoms with E-state index in [0.717, 1.165) is 41.4 Å². The summed E-state index contributed by atoms with van der Waals surface area (Å²) in [4.78, 5) is 56.4. The first-order valence-corrected chi connectivity index (χ1v) is 14.7. The molecule has 1 aromatic heterocycles. The molecule has 2 aliphatic heterocycles. The first-order valence-electron chi connectivity index (χ1n) is 14.7. The van der Waals surface area contributed by atoms with Crippen LogP contribution in [0.2, 0.25) is 0 Å². The lowest BCUT2D eigenvalue weighted by Crippen LogP contribution is -2.44. The summed E-state index contributed by atoms with van der Waals surface area (Å²) in [5, 5.41) is 4.31. The molecular formula is C32H42N4O4. The van der Waals surface area contributed by atoms with E-state index in [1.165, 1.54) is 0 Å². The number of ketones is 2. The van der Waals surface area contributed by atoms with E-state index in [1.54, 1.807) is 11.8 Å². The molecule has 3 atom stereocenters. The number of anilines is 1. The van der Waals surface area contributed by atoms with Gasteiger partial charge in [0, 0.05) is 66.8 Å². The lowest BCUT2D eigenvalue weighted by Gasteiger charge is -2.27.